The average molecular weight is 232 g/mol. The van der Waals surface area contributed by atoms with E-state index in [2.05, 4.69) is 9.97 Å². The lowest BCUT2D eigenvalue weighted by Gasteiger charge is -2.19. The van der Waals surface area contributed by atoms with Crippen molar-refractivity contribution in [2.45, 2.75) is 32.8 Å². The number of hydrogen-bond donors (Lipinski definition) is 1. The van der Waals surface area contributed by atoms with Gasteiger partial charge in [0.2, 0.25) is 0 Å². The van der Waals surface area contributed by atoms with Crippen LogP contribution in [0.15, 0.2) is 24.5 Å². The third-order valence-corrected chi connectivity index (χ3v) is 2.23. The minimum absolute atomic E-state index is 0.228. The Morgan fingerprint density at radius 1 is 1.47 bits per heavy atom. The molecule has 0 aromatic carbocycles. The summed E-state index contributed by atoms with van der Waals surface area (Å²) in [5.74, 6) is -0.228. The quantitative estimate of drug-likeness (QED) is 0.809. The number of aromatic amines is 1. The van der Waals surface area contributed by atoms with E-state index in [0.717, 1.165) is 16.6 Å². The molecule has 2 rings (SSSR count). The molecule has 0 saturated carbocycles. The van der Waals surface area contributed by atoms with Gasteiger partial charge in [0.05, 0.1) is 6.42 Å². The number of aromatic nitrogens is 2. The van der Waals surface area contributed by atoms with Crippen molar-refractivity contribution in [3.8, 4) is 0 Å². The molecular weight excluding hydrogens is 216 g/mol. The predicted octanol–water partition coefficient (Wildman–Crippen LogP) is 2.45. The molecule has 0 atom stereocenters. The van der Waals surface area contributed by atoms with Crippen LogP contribution in [0.2, 0.25) is 0 Å². The molecule has 90 valence electrons. The molecule has 17 heavy (non-hydrogen) atoms. The van der Waals surface area contributed by atoms with Crippen LogP contribution >= 0.6 is 0 Å². The van der Waals surface area contributed by atoms with Crippen molar-refractivity contribution >= 4 is 17.0 Å². The van der Waals surface area contributed by atoms with E-state index in [0.29, 0.717) is 0 Å². The van der Waals surface area contributed by atoms with Crippen LogP contribution in [-0.2, 0) is 16.0 Å². The van der Waals surface area contributed by atoms with Crippen LogP contribution in [0.1, 0.15) is 26.3 Å². The Bertz CT molecular complexity index is 538. The summed E-state index contributed by atoms with van der Waals surface area (Å²) in [5.41, 5.74) is 1.26. The van der Waals surface area contributed by atoms with Gasteiger partial charge >= 0.3 is 5.97 Å². The Morgan fingerprint density at radius 3 is 2.94 bits per heavy atom. The average Bonchev–Trinajstić information content (AvgIpc) is 2.61. The zero-order chi connectivity index (χ0) is 12.5. The maximum atomic E-state index is 11.6. The van der Waals surface area contributed by atoms with Crippen LogP contribution < -0.4 is 0 Å². The van der Waals surface area contributed by atoms with E-state index < -0.39 is 5.60 Å². The number of esters is 1. The highest BCUT2D eigenvalue weighted by Crippen LogP contribution is 2.14. The minimum Gasteiger partial charge on any atom is -0.460 e. The summed E-state index contributed by atoms with van der Waals surface area (Å²) in [6.07, 6.45) is 3.78. The van der Waals surface area contributed by atoms with Gasteiger partial charge in [-0.05, 0) is 38.5 Å². The fourth-order valence-electron chi connectivity index (χ4n) is 1.63. The molecule has 0 aliphatic carbocycles. The highest BCUT2D eigenvalue weighted by Gasteiger charge is 2.16. The number of hydrogen-bond acceptors (Lipinski definition) is 3. The number of fused-ring (bicyclic) bond motifs is 1. The number of pyridine rings is 1. The molecule has 0 bridgehead atoms. The smallest absolute Gasteiger partial charge is 0.310 e. The molecule has 2 aromatic heterocycles. The van der Waals surface area contributed by atoms with Crippen molar-refractivity contribution in [3.63, 3.8) is 0 Å². The fourth-order valence-corrected chi connectivity index (χ4v) is 1.63. The van der Waals surface area contributed by atoms with Gasteiger partial charge < -0.3 is 9.72 Å². The summed E-state index contributed by atoms with van der Waals surface area (Å²) >= 11 is 0. The molecule has 0 aliphatic heterocycles. The molecular formula is C13H16N2O2. The van der Waals surface area contributed by atoms with Crippen LogP contribution in [0, 0.1) is 0 Å². The summed E-state index contributed by atoms with van der Waals surface area (Å²) < 4.78 is 5.26. The Balaban J connectivity index is 2.10. The van der Waals surface area contributed by atoms with E-state index in [4.69, 9.17) is 4.74 Å². The van der Waals surface area contributed by atoms with Gasteiger partial charge in [-0.1, -0.05) is 0 Å². The summed E-state index contributed by atoms with van der Waals surface area (Å²) in [4.78, 5) is 18.9. The molecule has 2 heterocycles. The maximum absolute atomic E-state index is 11.6. The Hall–Kier alpha value is -1.84. The molecule has 0 saturated heterocycles. The van der Waals surface area contributed by atoms with E-state index in [1.54, 1.807) is 6.20 Å². The number of nitrogens with one attached hydrogen (secondary N) is 1. The first kappa shape index (κ1) is 11.6. The number of carbonyl (C=O) groups is 1. The second-order valence-electron chi connectivity index (χ2n) is 5.02. The summed E-state index contributed by atoms with van der Waals surface area (Å²) in [7, 11) is 0. The molecule has 4 heteroatoms. The van der Waals surface area contributed by atoms with E-state index in [1.165, 1.54) is 0 Å². The van der Waals surface area contributed by atoms with E-state index >= 15 is 0 Å². The summed E-state index contributed by atoms with van der Waals surface area (Å²) in [5, 5.41) is 1.01. The number of rotatable bonds is 2. The first-order valence-corrected chi connectivity index (χ1v) is 5.58. The van der Waals surface area contributed by atoms with Crippen LogP contribution in [0.25, 0.3) is 11.0 Å². The molecule has 0 fully saturated rings. The number of carbonyl (C=O) groups excluding carboxylic acids is 1. The van der Waals surface area contributed by atoms with Gasteiger partial charge in [0.15, 0.2) is 0 Å². The van der Waals surface area contributed by atoms with Crippen LogP contribution in [0.3, 0.4) is 0 Å². The van der Waals surface area contributed by atoms with Gasteiger partial charge in [0.1, 0.15) is 11.2 Å². The molecule has 4 nitrogen and oxygen atoms in total. The maximum Gasteiger partial charge on any atom is 0.310 e. The van der Waals surface area contributed by atoms with Crippen molar-refractivity contribution in [1.82, 2.24) is 9.97 Å². The molecule has 0 aliphatic rings. The lowest BCUT2D eigenvalue weighted by molar-refractivity contribution is -0.153. The van der Waals surface area contributed by atoms with Gasteiger partial charge in [-0.15, -0.1) is 0 Å². The second-order valence-corrected chi connectivity index (χ2v) is 5.02. The number of H-pyrrole nitrogens is 1. The standard InChI is InChI=1S/C13H16N2O2/c1-13(2,3)17-11(16)7-9-6-10-4-5-14-12(10)15-8-9/h4-6,8H,7H2,1-3H3,(H,14,15). The number of nitrogens with zero attached hydrogens (tertiary/aromatic N) is 1. The molecule has 0 unspecified atom stereocenters. The van der Waals surface area contributed by atoms with E-state index in [1.807, 2.05) is 39.1 Å². The topological polar surface area (TPSA) is 55.0 Å². The fraction of sp³-hybridized carbons (Fsp3) is 0.385. The van der Waals surface area contributed by atoms with Crippen molar-refractivity contribution in [2.75, 3.05) is 0 Å². The molecule has 0 amide bonds. The first-order valence-electron chi connectivity index (χ1n) is 5.58. The van der Waals surface area contributed by atoms with Crippen molar-refractivity contribution < 1.29 is 9.53 Å². The van der Waals surface area contributed by atoms with Gasteiger partial charge in [-0.25, -0.2) is 4.98 Å². The van der Waals surface area contributed by atoms with Gasteiger partial charge in [0.25, 0.3) is 0 Å². The number of ether oxygens (including phenoxy) is 1. The van der Waals surface area contributed by atoms with Crippen molar-refractivity contribution in [3.05, 3.63) is 30.1 Å². The first-order chi connectivity index (χ1) is 7.94. The second kappa shape index (κ2) is 4.20. The molecule has 0 radical (unpaired) electrons. The van der Waals surface area contributed by atoms with Gasteiger partial charge in [-0.3, -0.25) is 4.79 Å². The summed E-state index contributed by atoms with van der Waals surface area (Å²) in [6.45, 7) is 5.58. The monoisotopic (exact) mass is 232 g/mol. The third kappa shape index (κ3) is 3.06. The van der Waals surface area contributed by atoms with E-state index in [9.17, 15) is 4.79 Å². The van der Waals surface area contributed by atoms with Gasteiger partial charge in [-0.2, -0.15) is 0 Å². The lowest BCUT2D eigenvalue weighted by Crippen LogP contribution is -2.24. The zero-order valence-electron chi connectivity index (χ0n) is 10.3. The zero-order valence-corrected chi connectivity index (χ0v) is 10.3. The summed E-state index contributed by atoms with van der Waals surface area (Å²) in [6, 6.07) is 3.88. The molecule has 2 aromatic rings. The molecule has 1 N–H and O–H groups in total. The normalized spacial score (nSPS) is 11.7. The van der Waals surface area contributed by atoms with Crippen LogP contribution in [0.5, 0.6) is 0 Å². The largest absolute Gasteiger partial charge is 0.460 e. The minimum atomic E-state index is -0.442. The lowest BCUT2D eigenvalue weighted by atomic mass is 10.1. The Morgan fingerprint density at radius 2 is 2.24 bits per heavy atom. The van der Waals surface area contributed by atoms with Crippen LogP contribution in [0.4, 0.5) is 0 Å². The van der Waals surface area contributed by atoms with E-state index in [-0.39, 0.29) is 12.4 Å². The van der Waals surface area contributed by atoms with Crippen molar-refractivity contribution in [1.29, 1.82) is 0 Å². The Kier molecular flexibility index (Phi) is 2.88. The predicted molar refractivity (Wildman–Crippen MR) is 65.6 cm³/mol. The SMILES string of the molecule is CC(C)(C)OC(=O)Cc1cnc2[nH]ccc2c1. The highest BCUT2D eigenvalue weighted by molar-refractivity contribution is 5.78. The van der Waals surface area contributed by atoms with Crippen molar-refractivity contribution in [2.24, 2.45) is 0 Å². The Labute approximate surface area is 100 Å². The van der Waals surface area contributed by atoms with Gasteiger partial charge in [0, 0.05) is 17.8 Å². The highest BCUT2D eigenvalue weighted by atomic mass is 16.6. The molecule has 0 spiro atoms. The van der Waals surface area contributed by atoms with Crippen LogP contribution in [-0.4, -0.2) is 21.5 Å². The third-order valence-electron chi connectivity index (χ3n) is 2.23.